The molecule has 0 saturated heterocycles. The summed E-state index contributed by atoms with van der Waals surface area (Å²) in [6, 6.07) is 8.28. The van der Waals surface area contributed by atoms with Crippen LogP contribution in [0.3, 0.4) is 0 Å². The Morgan fingerprint density at radius 3 is 2.32 bits per heavy atom. The highest BCUT2D eigenvalue weighted by Gasteiger charge is 2.05. The maximum absolute atomic E-state index is 5.64. The summed E-state index contributed by atoms with van der Waals surface area (Å²) < 4.78 is 5.64. The molecule has 1 aromatic carbocycles. The molecule has 0 saturated carbocycles. The topological polar surface area (TPSA) is 21.3 Å². The molecule has 2 nitrogen and oxygen atoms in total. The SMILES string of the molecule is CCCCC(CC)CNc1ccc(OC(C)C)cc1. The molecule has 19 heavy (non-hydrogen) atoms. The number of hydrogen-bond acceptors (Lipinski definition) is 2. The summed E-state index contributed by atoms with van der Waals surface area (Å²) in [5.41, 5.74) is 1.19. The number of hydrogen-bond donors (Lipinski definition) is 1. The van der Waals surface area contributed by atoms with Gasteiger partial charge in [-0.05, 0) is 50.5 Å². The van der Waals surface area contributed by atoms with E-state index in [1.54, 1.807) is 0 Å². The van der Waals surface area contributed by atoms with E-state index in [9.17, 15) is 0 Å². The molecule has 1 unspecified atom stereocenters. The van der Waals surface area contributed by atoms with Crippen molar-refractivity contribution in [3.8, 4) is 5.75 Å². The van der Waals surface area contributed by atoms with Crippen LogP contribution in [0, 0.1) is 5.92 Å². The minimum Gasteiger partial charge on any atom is -0.491 e. The second-order valence-corrected chi connectivity index (χ2v) is 5.49. The van der Waals surface area contributed by atoms with Gasteiger partial charge >= 0.3 is 0 Å². The third-order valence-electron chi connectivity index (χ3n) is 3.36. The molecule has 1 atom stereocenters. The number of anilines is 1. The van der Waals surface area contributed by atoms with E-state index in [0.29, 0.717) is 0 Å². The molecular formula is C17H29NO. The van der Waals surface area contributed by atoms with Crippen LogP contribution in [0.5, 0.6) is 5.75 Å². The van der Waals surface area contributed by atoms with Crippen molar-refractivity contribution in [1.82, 2.24) is 0 Å². The Balaban J connectivity index is 2.39. The van der Waals surface area contributed by atoms with E-state index >= 15 is 0 Å². The van der Waals surface area contributed by atoms with Gasteiger partial charge in [-0.2, -0.15) is 0 Å². The quantitative estimate of drug-likeness (QED) is 0.669. The van der Waals surface area contributed by atoms with Gasteiger partial charge in [-0.25, -0.2) is 0 Å². The Morgan fingerprint density at radius 2 is 1.79 bits per heavy atom. The van der Waals surface area contributed by atoms with E-state index in [1.165, 1.54) is 31.4 Å². The first-order valence-electron chi connectivity index (χ1n) is 7.66. The fourth-order valence-electron chi connectivity index (χ4n) is 2.13. The molecule has 108 valence electrons. The van der Waals surface area contributed by atoms with Gasteiger partial charge < -0.3 is 10.1 Å². The van der Waals surface area contributed by atoms with E-state index < -0.39 is 0 Å². The Bertz CT molecular complexity index is 332. The summed E-state index contributed by atoms with van der Waals surface area (Å²) in [4.78, 5) is 0. The average Bonchev–Trinajstić information content (AvgIpc) is 2.40. The first-order valence-corrected chi connectivity index (χ1v) is 7.66. The van der Waals surface area contributed by atoms with Crippen LogP contribution in [-0.2, 0) is 0 Å². The Morgan fingerprint density at radius 1 is 1.11 bits per heavy atom. The van der Waals surface area contributed by atoms with E-state index in [0.717, 1.165) is 18.2 Å². The molecule has 0 bridgehead atoms. The van der Waals surface area contributed by atoms with Crippen LogP contribution in [0.2, 0.25) is 0 Å². The predicted octanol–water partition coefficient (Wildman–Crippen LogP) is 5.10. The number of benzene rings is 1. The molecule has 0 fully saturated rings. The van der Waals surface area contributed by atoms with Gasteiger partial charge in [0.15, 0.2) is 0 Å². The first-order chi connectivity index (χ1) is 9.15. The van der Waals surface area contributed by atoms with Crippen molar-refractivity contribution in [2.45, 2.75) is 59.5 Å². The summed E-state index contributed by atoms with van der Waals surface area (Å²) in [6.45, 7) is 9.70. The van der Waals surface area contributed by atoms with Crippen LogP contribution in [-0.4, -0.2) is 12.6 Å². The molecule has 0 aromatic heterocycles. The lowest BCUT2D eigenvalue weighted by atomic mass is 9.99. The monoisotopic (exact) mass is 263 g/mol. The summed E-state index contributed by atoms with van der Waals surface area (Å²) in [5, 5.41) is 3.53. The van der Waals surface area contributed by atoms with Gasteiger partial charge in [-0.3, -0.25) is 0 Å². The van der Waals surface area contributed by atoms with E-state index in [2.05, 4.69) is 31.3 Å². The van der Waals surface area contributed by atoms with E-state index in [-0.39, 0.29) is 6.10 Å². The van der Waals surface area contributed by atoms with Crippen molar-refractivity contribution >= 4 is 5.69 Å². The molecule has 2 heteroatoms. The largest absolute Gasteiger partial charge is 0.491 e. The highest BCUT2D eigenvalue weighted by atomic mass is 16.5. The summed E-state index contributed by atoms with van der Waals surface area (Å²) >= 11 is 0. The summed E-state index contributed by atoms with van der Waals surface area (Å²) in [7, 11) is 0. The van der Waals surface area contributed by atoms with Gasteiger partial charge in [0.2, 0.25) is 0 Å². The molecular weight excluding hydrogens is 234 g/mol. The molecule has 0 heterocycles. The third kappa shape index (κ3) is 6.51. The normalized spacial score (nSPS) is 12.5. The predicted molar refractivity (Wildman–Crippen MR) is 84.0 cm³/mol. The van der Waals surface area contributed by atoms with E-state index in [1.807, 2.05) is 26.0 Å². The molecule has 1 rings (SSSR count). The van der Waals surface area contributed by atoms with Crippen molar-refractivity contribution in [3.05, 3.63) is 24.3 Å². The highest BCUT2D eigenvalue weighted by Crippen LogP contribution is 2.18. The number of rotatable bonds is 9. The fourth-order valence-corrected chi connectivity index (χ4v) is 2.13. The van der Waals surface area contributed by atoms with Gasteiger partial charge in [0.1, 0.15) is 5.75 Å². The summed E-state index contributed by atoms with van der Waals surface area (Å²) in [6.07, 6.45) is 5.44. The third-order valence-corrected chi connectivity index (χ3v) is 3.36. The van der Waals surface area contributed by atoms with Crippen LogP contribution in [0.15, 0.2) is 24.3 Å². The molecule has 0 aliphatic carbocycles. The van der Waals surface area contributed by atoms with Gasteiger partial charge in [0, 0.05) is 12.2 Å². The van der Waals surface area contributed by atoms with Crippen LogP contribution >= 0.6 is 0 Å². The second-order valence-electron chi connectivity index (χ2n) is 5.49. The van der Waals surface area contributed by atoms with Crippen LogP contribution in [0.25, 0.3) is 0 Å². The Kier molecular flexibility index (Phi) is 7.39. The van der Waals surface area contributed by atoms with Gasteiger partial charge in [-0.1, -0.05) is 33.1 Å². The lowest BCUT2D eigenvalue weighted by molar-refractivity contribution is 0.242. The van der Waals surface area contributed by atoms with Crippen molar-refractivity contribution in [1.29, 1.82) is 0 Å². The minimum absolute atomic E-state index is 0.234. The number of ether oxygens (including phenoxy) is 1. The van der Waals surface area contributed by atoms with Crippen molar-refractivity contribution < 1.29 is 4.74 Å². The lowest BCUT2D eigenvalue weighted by Gasteiger charge is -2.16. The van der Waals surface area contributed by atoms with Gasteiger partial charge in [0.05, 0.1) is 6.10 Å². The van der Waals surface area contributed by atoms with Crippen molar-refractivity contribution in [2.75, 3.05) is 11.9 Å². The van der Waals surface area contributed by atoms with Gasteiger partial charge in [-0.15, -0.1) is 0 Å². The molecule has 0 radical (unpaired) electrons. The average molecular weight is 263 g/mol. The molecule has 1 aromatic rings. The molecule has 0 aliphatic heterocycles. The Labute approximate surface area is 118 Å². The van der Waals surface area contributed by atoms with Crippen molar-refractivity contribution in [3.63, 3.8) is 0 Å². The summed E-state index contributed by atoms with van der Waals surface area (Å²) in [5.74, 6) is 1.73. The standard InChI is InChI=1S/C17H29NO/c1-5-7-8-15(6-2)13-18-16-9-11-17(12-10-16)19-14(3)4/h9-12,14-15,18H,5-8,13H2,1-4H3. The number of unbranched alkanes of at least 4 members (excludes halogenated alkanes) is 1. The zero-order valence-electron chi connectivity index (χ0n) is 12.9. The minimum atomic E-state index is 0.234. The van der Waals surface area contributed by atoms with Crippen LogP contribution in [0.1, 0.15) is 53.4 Å². The van der Waals surface area contributed by atoms with Gasteiger partial charge in [0.25, 0.3) is 0 Å². The molecule has 1 N–H and O–H groups in total. The van der Waals surface area contributed by atoms with Crippen LogP contribution < -0.4 is 10.1 Å². The lowest BCUT2D eigenvalue weighted by Crippen LogP contribution is -2.13. The Hall–Kier alpha value is -1.18. The molecule has 0 spiro atoms. The van der Waals surface area contributed by atoms with Crippen molar-refractivity contribution in [2.24, 2.45) is 5.92 Å². The fraction of sp³-hybridized carbons (Fsp3) is 0.647. The second kappa shape index (κ2) is 8.84. The van der Waals surface area contributed by atoms with Crippen LogP contribution in [0.4, 0.5) is 5.69 Å². The smallest absolute Gasteiger partial charge is 0.119 e. The highest BCUT2D eigenvalue weighted by molar-refractivity contribution is 5.46. The zero-order valence-corrected chi connectivity index (χ0v) is 12.9. The molecule has 0 aliphatic rings. The first kappa shape index (κ1) is 15.9. The maximum Gasteiger partial charge on any atom is 0.119 e. The van der Waals surface area contributed by atoms with E-state index in [4.69, 9.17) is 4.74 Å². The zero-order chi connectivity index (χ0) is 14.1. The number of nitrogens with one attached hydrogen (secondary N) is 1. The molecule has 0 amide bonds. The maximum atomic E-state index is 5.64.